The first-order valence-corrected chi connectivity index (χ1v) is 8.49. The maximum absolute atomic E-state index is 12.5. The summed E-state index contributed by atoms with van der Waals surface area (Å²) >= 11 is 1.04. The molecule has 2 aliphatic rings. The van der Waals surface area contributed by atoms with Crippen molar-refractivity contribution in [1.82, 2.24) is 9.80 Å². The smallest absolute Gasteiger partial charge is 0.286 e. The van der Waals surface area contributed by atoms with Crippen LogP contribution in [0, 0.1) is 6.92 Å². The van der Waals surface area contributed by atoms with E-state index >= 15 is 0 Å². The van der Waals surface area contributed by atoms with Gasteiger partial charge in [0.1, 0.15) is 0 Å². The van der Waals surface area contributed by atoms with Crippen LogP contribution in [0.15, 0.2) is 29.2 Å². The summed E-state index contributed by atoms with van der Waals surface area (Å²) < 4.78 is 0. The van der Waals surface area contributed by atoms with E-state index in [2.05, 4.69) is 4.90 Å². The average molecular weight is 316 g/mol. The van der Waals surface area contributed by atoms with Crippen molar-refractivity contribution < 1.29 is 9.59 Å². The summed E-state index contributed by atoms with van der Waals surface area (Å²) in [5, 5.41) is -0.158. The molecule has 2 heterocycles. The van der Waals surface area contributed by atoms with Crippen LogP contribution in [0.3, 0.4) is 0 Å². The number of hydrogen-bond donors (Lipinski definition) is 0. The zero-order valence-electron chi connectivity index (χ0n) is 12.7. The molecule has 1 aromatic rings. The molecule has 2 saturated heterocycles. The van der Waals surface area contributed by atoms with Crippen LogP contribution in [0.5, 0.6) is 0 Å². The van der Waals surface area contributed by atoms with Crippen LogP contribution in [0.4, 0.5) is 4.79 Å². The summed E-state index contributed by atoms with van der Waals surface area (Å²) in [7, 11) is 0. The zero-order chi connectivity index (χ0) is 15.5. The van der Waals surface area contributed by atoms with Gasteiger partial charge in [0.05, 0.1) is 11.6 Å². The van der Waals surface area contributed by atoms with E-state index in [9.17, 15) is 9.59 Å². The Morgan fingerprint density at radius 1 is 1.18 bits per heavy atom. The number of carbonyl (C=O) groups is 2. The maximum atomic E-state index is 12.5. The Kier molecular flexibility index (Phi) is 4.64. The third-order valence-corrected chi connectivity index (χ3v) is 4.91. The van der Waals surface area contributed by atoms with E-state index in [-0.39, 0.29) is 11.1 Å². The van der Waals surface area contributed by atoms with Crippen LogP contribution >= 0.6 is 11.8 Å². The lowest BCUT2D eigenvalue weighted by Gasteiger charge is -2.29. The first kappa shape index (κ1) is 15.3. The van der Waals surface area contributed by atoms with E-state index < -0.39 is 0 Å². The second kappa shape index (κ2) is 6.67. The van der Waals surface area contributed by atoms with Crippen LogP contribution in [-0.4, -0.2) is 40.7 Å². The number of piperidine rings is 1. The van der Waals surface area contributed by atoms with Crippen molar-refractivity contribution in [2.45, 2.75) is 26.2 Å². The van der Waals surface area contributed by atoms with Gasteiger partial charge < -0.3 is 0 Å². The molecule has 0 N–H and O–H groups in total. The molecule has 3 rings (SSSR count). The molecule has 0 bridgehead atoms. The van der Waals surface area contributed by atoms with Gasteiger partial charge in [-0.25, -0.2) is 0 Å². The van der Waals surface area contributed by atoms with Crippen LogP contribution < -0.4 is 0 Å². The van der Waals surface area contributed by atoms with Crippen molar-refractivity contribution in [2.75, 3.05) is 19.8 Å². The summed E-state index contributed by atoms with van der Waals surface area (Å²) in [6, 6.07) is 7.93. The van der Waals surface area contributed by atoms with Crippen LogP contribution in [0.2, 0.25) is 0 Å². The van der Waals surface area contributed by atoms with Gasteiger partial charge in [0.2, 0.25) is 0 Å². The topological polar surface area (TPSA) is 40.6 Å². The minimum atomic E-state index is -0.165. The van der Waals surface area contributed by atoms with Crippen LogP contribution in [-0.2, 0) is 4.79 Å². The molecule has 0 unspecified atom stereocenters. The van der Waals surface area contributed by atoms with E-state index in [1.54, 1.807) is 0 Å². The molecule has 0 spiro atoms. The summed E-state index contributed by atoms with van der Waals surface area (Å²) in [5.41, 5.74) is 2.10. The third-order valence-electron chi connectivity index (χ3n) is 4.00. The molecule has 1 aromatic carbocycles. The number of rotatable bonds is 3. The lowest BCUT2D eigenvalue weighted by Crippen LogP contribution is -2.42. The van der Waals surface area contributed by atoms with Crippen molar-refractivity contribution in [3.8, 4) is 0 Å². The predicted octanol–water partition coefficient (Wildman–Crippen LogP) is 3.47. The highest BCUT2D eigenvalue weighted by Gasteiger charge is 2.36. The lowest BCUT2D eigenvalue weighted by molar-refractivity contribution is -0.124. The molecular formula is C17H20N2O2S. The third kappa shape index (κ3) is 3.42. The number of benzene rings is 1. The largest absolute Gasteiger partial charge is 0.294 e. The Morgan fingerprint density at radius 2 is 1.95 bits per heavy atom. The second-order valence-electron chi connectivity index (χ2n) is 5.84. The van der Waals surface area contributed by atoms with E-state index in [4.69, 9.17) is 0 Å². The highest BCUT2D eigenvalue weighted by Crippen LogP contribution is 2.32. The normalized spacial score (nSPS) is 21.9. The summed E-state index contributed by atoms with van der Waals surface area (Å²) in [6.45, 7) is 4.38. The molecule has 5 heteroatoms. The highest BCUT2D eigenvalue weighted by atomic mass is 32.2. The van der Waals surface area contributed by atoms with Gasteiger partial charge in [0, 0.05) is 0 Å². The highest BCUT2D eigenvalue weighted by molar-refractivity contribution is 8.18. The quantitative estimate of drug-likeness (QED) is 0.801. The fourth-order valence-electron chi connectivity index (χ4n) is 2.83. The van der Waals surface area contributed by atoms with E-state index in [1.807, 2.05) is 37.3 Å². The van der Waals surface area contributed by atoms with Gasteiger partial charge in [0.15, 0.2) is 0 Å². The Morgan fingerprint density at radius 3 is 2.68 bits per heavy atom. The van der Waals surface area contributed by atoms with E-state index in [0.717, 1.165) is 48.8 Å². The monoisotopic (exact) mass is 316 g/mol. The molecule has 0 saturated carbocycles. The molecule has 2 amide bonds. The van der Waals surface area contributed by atoms with Crippen molar-refractivity contribution in [1.29, 1.82) is 0 Å². The van der Waals surface area contributed by atoms with Gasteiger partial charge in [-0.1, -0.05) is 36.2 Å². The molecule has 2 fully saturated rings. The number of imide groups is 1. The first-order valence-electron chi connectivity index (χ1n) is 7.68. The SMILES string of the molecule is Cc1cccc(/C=C2\SC(=O)N(CN3CCCCC3)C2=O)c1. The molecule has 0 aliphatic carbocycles. The maximum Gasteiger partial charge on any atom is 0.294 e. The molecule has 0 atom stereocenters. The van der Waals surface area contributed by atoms with E-state index in [1.165, 1.54) is 11.3 Å². The fraction of sp³-hybridized carbons (Fsp3) is 0.412. The summed E-state index contributed by atoms with van der Waals surface area (Å²) in [4.78, 5) is 28.7. The number of carbonyl (C=O) groups excluding carboxylic acids is 2. The van der Waals surface area contributed by atoms with Crippen LogP contribution in [0.1, 0.15) is 30.4 Å². The van der Waals surface area contributed by atoms with Crippen molar-refractivity contribution in [3.05, 3.63) is 40.3 Å². The molecule has 2 aliphatic heterocycles. The summed E-state index contributed by atoms with van der Waals surface area (Å²) in [5.74, 6) is -0.165. The molecule has 0 aromatic heterocycles. The number of hydrogen-bond acceptors (Lipinski definition) is 4. The number of aryl methyl sites for hydroxylation is 1. The number of thioether (sulfide) groups is 1. The molecule has 0 radical (unpaired) electrons. The Balaban J connectivity index is 1.73. The van der Waals surface area contributed by atoms with Crippen molar-refractivity contribution >= 4 is 29.0 Å². The lowest BCUT2D eigenvalue weighted by atomic mass is 10.1. The number of amides is 2. The van der Waals surface area contributed by atoms with Gasteiger partial charge in [-0.15, -0.1) is 0 Å². The summed E-state index contributed by atoms with van der Waals surface area (Å²) in [6.07, 6.45) is 5.35. The predicted molar refractivity (Wildman–Crippen MR) is 89.3 cm³/mol. The molecular weight excluding hydrogens is 296 g/mol. The molecule has 116 valence electrons. The number of nitrogens with zero attached hydrogens (tertiary/aromatic N) is 2. The molecule has 4 nitrogen and oxygen atoms in total. The first-order chi connectivity index (χ1) is 10.6. The van der Waals surface area contributed by atoms with Gasteiger partial charge in [-0.2, -0.15) is 0 Å². The fourth-order valence-corrected chi connectivity index (χ4v) is 3.67. The number of likely N-dealkylation sites (tertiary alicyclic amines) is 1. The zero-order valence-corrected chi connectivity index (χ0v) is 13.6. The Labute approximate surface area is 135 Å². The van der Waals surface area contributed by atoms with E-state index in [0.29, 0.717) is 11.6 Å². The average Bonchev–Trinajstić information content (AvgIpc) is 2.76. The van der Waals surface area contributed by atoms with Gasteiger partial charge in [-0.3, -0.25) is 19.4 Å². The second-order valence-corrected chi connectivity index (χ2v) is 6.84. The minimum absolute atomic E-state index is 0.158. The van der Waals surface area contributed by atoms with Gasteiger partial charge in [0.25, 0.3) is 11.1 Å². The van der Waals surface area contributed by atoms with Crippen molar-refractivity contribution in [2.24, 2.45) is 0 Å². The van der Waals surface area contributed by atoms with Crippen LogP contribution in [0.25, 0.3) is 6.08 Å². The standard InChI is InChI=1S/C17H20N2O2S/c1-13-6-5-7-14(10-13)11-15-16(20)19(17(21)22-15)12-18-8-3-2-4-9-18/h5-7,10-11H,2-4,8-9,12H2,1H3/b15-11-. The Bertz CT molecular complexity index is 621. The Hall–Kier alpha value is -1.59. The van der Waals surface area contributed by atoms with Gasteiger partial charge >= 0.3 is 0 Å². The van der Waals surface area contributed by atoms with Crippen molar-refractivity contribution in [3.63, 3.8) is 0 Å². The minimum Gasteiger partial charge on any atom is -0.286 e. The molecule has 22 heavy (non-hydrogen) atoms. The van der Waals surface area contributed by atoms with Gasteiger partial charge in [-0.05, 0) is 56.3 Å².